The lowest BCUT2D eigenvalue weighted by molar-refractivity contribution is 0.0615. The summed E-state index contributed by atoms with van der Waals surface area (Å²) in [6, 6.07) is 0. The molecule has 0 aromatic carbocycles. The highest BCUT2D eigenvalue weighted by Crippen LogP contribution is 2.19. The van der Waals surface area contributed by atoms with Crippen molar-refractivity contribution in [2.75, 3.05) is 31.3 Å². The van der Waals surface area contributed by atoms with Gasteiger partial charge in [-0.05, 0) is 6.42 Å². The average molecular weight is 217 g/mol. The fourth-order valence-electron chi connectivity index (χ4n) is 0.990. The van der Waals surface area contributed by atoms with Gasteiger partial charge in [-0.1, -0.05) is 11.3 Å². The van der Waals surface area contributed by atoms with Gasteiger partial charge in [0.2, 0.25) is 0 Å². The van der Waals surface area contributed by atoms with Gasteiger partial charge in [-0.2, -0.15) is 0 Å². The molecule has 0 saturated heterocycles. The van der Waals surface area contributed by atoms with Gasteiger partial charge >= 0.3 is 0 Å². The Labute approximate surface area is 86.9 Å². The van der Waals surface area contributed by atoms with Crippen LogP contribution in [0.25, 0.3) is 0 Å². The van der Waals surface area contributed by atoms with Crippen LogP contribution >= 0.6 is 11.3 Å². The summed E-state index contributed by atoms with van der Waals surface area (Å²) >= 11 is 1.40. The lowest BCUT2D eigenvalue weighted by Gasteiger charge is -2.08. The summed E-state index contributed by atoms with van der Waals surface area (Å²) in [6.45, 7) is 1.03. The average Bonchev–Trinajstić information content (AvgIpc) is 2.52. The number of hydrogen-bond acceptors (Lipinski definition) is 6. The number of ether oxygens (including phenoxy) is 1. The van der Waals surface area contributed by atoms with Gasteiger partial charge in [0, 0.05) is 13.7 Å². The van der Waals surface area contributed by atoms with E-state index < -0.39 is 6.10 Å². The highest BCUT2D eigenvalue weighted by atomic mass is 32.1. The smallest absolute Gasteiger partial charge is 0.184 e. The number of nitrogens with one attached hydrogen (secondary N) is 1. The molecule has 1 aromatic heterocycles. The van der Waals surface area contributed by atoms with E-state index in [1.807, 2.05) is 0 Å². The van der Waals surface area contributed by atoms with Crippen LogP contribution in [0.15, 0.2) is 6.20 Å². The van der Waals surface area contributed by atoms with Gasteiger partial charge in [0.1, 0.15) is 5.00 Å². The molecule has 1 atom stereocenters. The van der Waals surface area contributed by atoms with E-state index in [1.165, 1.54) is 11.3 Å². The SMILES string of the molecule is COCC(O)CCNc1ncc(N)s1. The van der Waals surface area contributed by atoms with Gasteiger partial charge in [0.05, 0.1) is 18.9 Å². The molecule has 0 spiro atoms. The zero-order valence-electron chi connectivity index (χ0n) is 8.06. The summed E-state index contributed by atoms with van der Waals surface area (Å²) in [5.74, 6) is 0. The Balaban J connectivity index is 2.15. The number of rotatable bonds is 6. The van der Waals surface area contributed by atoms with Gasteiger partial charge in [0.15, 0.2) is 5.13 Å². The number of nitrogens with two attached hydrogens (primary N) is 1. The van der Waals surface area contributed by atoms with E-state index in [1.54, 1.807) is 13.3 Å². The maximum Gasteiger partial charge on any atom is 0.184 e. The molecule has 0 saturated carbocycles. The number of nitrogens with zero attached hydrogens (tertiary/aromatic N) is 1. The quantitative estimate of drug-likeness (QED) is 0.648. The molecule has 0 aliphatic heterocycles. The number of anilines is 2. The van der Waals surface area contributed by atoms with E-state index in [4.69, 9.17) is 10.5 Å². The Kier molecular flexibility index (Phi) is 4.64. The second-order valence-corrected chi connectivity index (χ2v) is 3.95. The van der Waals surface area contributed by atoms with E-state index in [0.717, 1.165) is 5.13 Å². The number of nitrogen functional groups attached to an aromatic ring is 1. The van der Waals surface area contributed by atoms with Gasteiger partial charge in [-0.3, -0.25) is 0 Å². The molecule has 4 N–H and O–H groups in total. The number of thiazole rings is 1. The lowest BCUT2D eigenvalue weighted by atomic mass is 10.3. The van der Waals surface area contributed by atoms with Crippen molar-refractivity contribution in [3.8, 4) is 0 Å². The fraction of sp³-hybridized carbons (Fsp3) is 0.625. The molecular weight excluding hydrogens is 202 g/mol. The number of aromatic nitrogens is 1. The first-order valence-corrected chi connectivity index (χ1v) is 5.16. The second kappa shape index (κ2) is 5.79. The molecule has 6 heteroatoms. The van der Waals surface area contributed by atoms with Crippen LogP contribution in [-0.4, -0.2) is 36.5 Å². The summed E-state index contributed by atoms with van der Waals surface area (Å²) in [7, 11) is 1.57. The van der Waals surface area contributed by atoms with Gasteiger partial charge in [-0.25, -0.2) is 4.98 Å². The Morgan fingerprint density at radius 2 is 2.57 bits per heavy atom. The molecule has 1 heterocycles. The minimum absolute atomic E-state index is 0.363. The summed E-state index contributed by atoms with van der Waals surface area (Å²) in [5, 5.41) is 13.9. The Morgan fingerprint density at radius 3 is 3.14 bits per heavy atom. The molecule has 1 aromatic rings. The highest BCUT2D eigenvalue weighted by Gasteiger charge is 2.03. The van der Waals surface area contributed by atoms with Crippen molar-refractivity contribution >= 4 is 21.5 Å². The maximum atomic E-state index is 9.33. The predicted octanol–water partition coefficient (Wildman–Crippen LogP) is 0.535. The standard InChI is InChI=1S/C8H15N3O2S/c1-13-5-6(12)2-3-10-8-11-4-7(9)14-8/h4,6,12H,2-3,5,9H2,1H3,(H,10,11). The molecule has 0 radical (unpaired) electrons. The van der Waals surface area contributed by atoms with Crippen LogP contribution < -0.4 is 11.1 Å². The first-order chi connectivity index (χ1) is 6.72. The summed E-state index contributed by atoms with van der Waals surface area (Å²) in [4.78, 5) is 4.03. The van der Waals surface area contributed by atoms with E-state index in [2.05, 4.69) is 10.3 Å². The first-order valence-electron chi connectivity index (χ1n) is 4.34. The van der Waals surface area contributed by atoms with Crippen LogP contribution in [0.2, 0.25) is 0 Å². The van der Waals surface area contributed by atoms with E-state index in [0.29, 0.717) is 24.6 Å². The molecule has 0 aliphatic rings. The molecule has 80 valence electrons. The van der Waals surface area contributed by atoms with E-state index in [-0.39, 0.29) is 0 Å². The molecule has 5 nitrogen and oxygen atoms in total. The van der Waals surface area contributed by atoms with Crippen LogP contribution in [0.1, 0.15) is 6.42 Å². The molecule has 14 heavy (non-hydrogen) atoms. The van der Waals surface area contributed by atoms with Crippen LogP contribution in [0.3, 0.4) is 0 Å². The van der Waals surface area contributed by atoms with Gasteiger partial charge in [0.25, 0.3) is 0 Å². The molecule has 0 fully saturated rings. The predicted molar refractivity (Wildman–Crippen MR) is 57.5 cm³/mol. The molecule has 1 rings (SSSR count). The fourth-order valence-corrected chi connectivity index (χ4v) is 1.60. The van der Waals surface area contributed by atoms with E-state index >= 15 is 0 Å². The largest absolute Gasteiger partial charge is 0.391 e. The zero-order chi connectivity index (χ0) is 10.4. The van der Waals surface area contributed by atoms with Crippen molar-refractivity contribution in [3.63, 3.8) is 0 Å². The van der Waals surface area contributed by atoms with Crippen molar-refractivity contribution in [1.82, 2.24) is 4.98 Å². The minimum atomic E-state index is -0.426. The molecule has 0 aliphatic carbocycles. The maximum absolute atomic E-state index is 9.33. The van der Waals surface area contributed by atoms with Crippen molar-refractivity contribution < 1.29 is 9.84 Å². The number of aliphatic hydroxyl groups excluding tert-OH is 1. The Morgan fingerprint density at radius 1 is 1.79 bits per heavy atom. The monoisotopic (exact) mass is 217 g/mol. The first kappa shape index (κ1) is 11.2. The van der Waals surface area contributed by atoms with Crippen LogP contribution in [0, 0.1) is 0 Å². The number of hydrogen-bond donors (Lipinski definition) is 3. The third-order valence-electron chi connectivity index (χ3n) is 1.64. The molecule has 0 amide bonds. The normalized spacial score (nSPS) is 12.7. The van der Waals surface area contributed by atoms with Crippen LogP contribution in [0.5, 0.6) is 0 Å². The van der Waals surface area contributed by atoms with Crippen molar-refractivity contribution in [1.29, 1.82) is 0 Å². The van der Waals surface area contributed by atoms with Crippen molar-refractivity contribution in [3.05, 3.63) is 6.20 Å². The highest BCUT2D eigenvalue weighted by molar-refractivity contribution is 7.19. The summed E-state index contributed by atoms with van der Waals surface area (Å²) in [5.41, 5.74) is 5.50. The number of methoxy groups -OCH3 is 1. The Bertz CT molecular complexity index is 267. The second-order valence-electron chi connectivity index (χ2n) is 2.89. The van der Waals surface area contributed by atoms with Crippen molar-refractivity contribution in [2.45, 2.75) is 12.5 Å². The molecule has 1 unspecified atom stereocenters. The number of aliphatic hydroxyl groups is 1. The third-order valence-corrected chi connectivity index (χ3v) is 2.42. The minimum Gasteiger partial charge on any atom is -0.391 e. The third kappa shape index (κ3) is 3.91. The van der Waals surface area contributed by atoms with E-state index in [9.17, 15) is 5.11 Å². The van der Waals surface area contributed by atoms with Crippen LogP contribution in [-0.2, 0) is 4.74 Å². The zero-order valence-corrected chi connectivity index (χ0v) is 8.88. The topological polar surface area (TPSA) is 80.4 Å². The van der Waals surface area contributed by atoms with Gasteiger partial charge < -0.3 is 20.9 Å². The lowest BCUT2D eigenvalue weighted by Crippen LogP contribution is -2.18. The Hall–Kier alpha value is -0.850. The molecular formula is C8H15N3O2S. The summed E-state index contributed by atoms with van der Waals surface area (Å²) in [6.07, 6.45) is 1.82. The van der Waals surface area contributed by atoms with Gasteiger partial charge in [-0.15, -0.1) is 0 Å². The van der Waals surface area contributed by atoms with Crippen LogP contribution in [0.4, 0.5) is 10.1 Å². The summed E-state index contributed by atoms with van der Waals surface area (Å²) < 4.78 is 4.80. The van der Waals surface area contributed by atoms with Crippen molar-refractivity contribution in [2.24, 2.45) is 0 Å². The molecule has 0 bridgehead atoms.